The molecule has 0 aromatic heterocycles. The molecule has 3 fully saturated rings. The highest BCUT2D eigenvalue weighted by atomic mass is 16.6. The zero-order valence-corrected chi connectivity index (χ0v) is 19.2. The molecule has 32 heavy (non-hydrogen) atoms. The first kappa shape index (κ1) is 21.4. The van der Waals surface area contributed by atoms with Crippen molar-refractivity contribution in [3.05, 3.63) is 47.5 Å². The summed E-state index contributed by atoms with van der Waals surface area (Å²) < 4.78 is 22.3. The maximum absolute atomic E-state index is 5.89. The van der Waals surface area contributed by atoms with Gasteiger partial charge < -0.3 is 28.7 Å². The molecule has 6 heteroatoms. The van der Waals surface area contributed by atoms with E-state index in [0.29, 0.717) is 13.2 Å². The van der Waals surface area contributed by atoms with Crippen molar-refractivity contribution in [2.75, 3.05) is 62.4 Å². The number of hydrogen-bond acceptors (Lipinski definition) is 6. The minimum absolute atomic E-state index is 0.286. The second-order valence-electron chi connectivity index (χ2n) is 8.79. The van der Waals surface area contributed by atoms with Crippen molar-refractivity contribution in [2.24, 2.45) is 0 Å². The maximum Gasteiger partial charge on any atom is 0.119 e. The van der Waals surface area contributed by atoms with Crippen LogP contribution in [-0.2, 0) is 22.3 Å². The third kappa shape index (κ3) is 5.13. The van der Waals surface area contributed by atoms with Crippen molar-refractivity contribution < 1.29 is 18.9 Å². The number of aryl methyl sites for hydroxylation is 2. The van der Waals surface area contributed by atoms with Gasteiger partial charge in [0, 0.05) is 37.6 Å². The van der Waals surface area contributed by atoms with Crippen LogP contribution in [0.2, 0.25) is 0 Å². The molecule has 6 nitrogen and oxygen atoms in total. The Bertz CT molecular complexity index is 843. The monoisotopic (exact) mass is 438 g/mol. The largest absolute Gasteiger partial charge is 0.491 e. The zero-order chi connectivity index (χ0) is 21.9. The Morgan fingerprint density at radius 2 is 1.12 bits per heavy atom. The van der Waals surface area contributed by atoms with Gasteiger partial charge in [-0.25, -0.2) is 0 Å². The van der Waals surface area contributed by atoms with Gasteiger partial charge in [-0.2, -0.15) is 0 Å². The number of piperazine rings is 1. The molecule has 2 atom stereocenters. The van der Waals surface area contributed by atoms with Gasteiger partial charge in [0.05, 0.1) is 13.2 Å². The molecule has 0 bridgehead atoms. The van der Waals surface area contributed by atoms with Gasteiger partial charge in [-0.15, -0.1) is 0 Å². The Labute approximate surface area is 191 Å². The smallest absolute Gasteiger partial charge is 0.119 e. The average molecular weight is 439 g/mol. The lowest BCUT2D eigenvalue weighted by atomic mass is 10.1. The third-order valence-electron chi connectivity index (χ3n) is 6.50. The summed E-state index contributed by atoms with van der Waals surface area (Å²) in [5.41, 5.74) is 5.37. The molecule has 2 aromatic carbocycles. The zero-order valence-electron chi connectivity index (χ0n) is 19.2. The number of benzene rings is 2. The van der Waals surface area contributed by atoms with Gasteiger partial charge in [-0.1, -0.05) is 13.8 Å². The van der Waals surface area contributed by atoms with Crippen molar-refractivity contribution in [1.82, 2.24) is 0 Å². The number of ether oxygens (including phenoxy) is 4. The highest BCUT2D eigenvalue weighted by Gasteiger charge is 2.25. The number of epoxide rings is 2. The molecule has 0 spiro atoms. The summed E-state index contributed by atoms with van der Waals surface area (Å²) in [5.74, 6) is 1.89. The van der Waals surface area contributed by atoms with E-state index >= 15 is 0 Å². The molecule has 172 valence electrons. The average Bonchev–Trinajstić information content (AvgIpc) is 3.76. The van der Waals surface area contributed by atoms with Crippen LogP contribution >= 0.6 is 0 Å². The molecule has 3 heterocycles. The van der Waals surface area contributed by atoms with Gasteiger partial charge in [0.2, 0.25) is 0 Å². The number of rotatable bonds is 10. The van der Waals surface area contributed by atoms with Crippen LogP contribution in [-0.4, -0.2) is 64.8 Å². The molecular weight excluding hydrogens is 404 g/mol. The first-order chi connectivity index (χ1) is 15.7. The van der Waals surface area contributed by atoms with Crippen molar-refractivity contribution >= 4 is 11.4 Å². The Balaban J connectivity index is 1.21. The third-order valence-corrected chi connectivity index (χ3v) is 6.50. The van der Waals surface area contributed by atoms with Crippen molar-refractivity contribution in [3.63, 3.8) is 0 Å². The van der Waals surface area contributed by atoms with Gasteiger partial charge in [0.15, 0.2) is 0 Å². The number of nitrogens with zero attached hydrogens (tertiary/aromatic N) is 2. The second kappa shape index (κ2) is 9.59. The summed E-state index contributed by atoms with van der Waals surface area (Å²) in [7, 11) is 0. The van der Waals surface area contributed by atoms with Gasteiger partial charge in [0.1, 0.15) is 36.9 Å². The van der Waals surface area contributed by atoms with Crippen molar-refractivity contribution in [2.45, 2.75) is 38.9 Å². The van der Waals surface area contributed by atoms with E-state index in [1.165, 1.54) is 22.5 Å². The topological polar surface area (TPSA) is 50.0 Å². The molecular formula is C26H34N2O4. The predicted octanol–water partition coefficient (Wildman–Crippen LogP) is 3.69. The van der Waals surface area contributed by atoms with Crippen LogP contribution in [0.1, 0.15) is 25.0 Å². The van der Waals surface area contributed by atoms with Gasteiger partial charge in [0.25, 0.3) is 0 Å². The molecule has 0 saturated carbocycles. The minimum atomic E-state index is 0.286. The first-order valence-corrected chi connectivity index (χ1v) is 12.0. The van der Waals surface area contributed by atoms with E-state index in [2.05, 4.69) is 60.0 Å². The molecule has 5 rings (SSSR count). The van der Waals surface area contributed by atoms with E-state index in [0.717, 1.165) is 63.7 Å². The van der Waals surface area contributed by atoms with Crippen molar-refractivity contribution in [1.29, 1.82) is 0 Å². The molecule has 3 aliphatic heterocycles. The van der Waals surface area contributed by atoms with E-state index in [4.69, 9.17) is 18.9 Å². The van der Waals surface area contributed by atoms with E-state index in [9.17, 15) is 0 Å². The molecule has 0 amide bonds. The van der Waals surface area contributed by atoms with Crippen LogP contribution in [0.4, 0.5) is 11.4 Å². The summed E-state index contributed by atoms with van der Waals surface area (Å²) in [5, 5.41) is 0. The van der Waals surface area contributed by atoms with Gasteiger partial charge in [-0.3, -0.25) is 0 Å². The summed E-state index contributed by atoms with van der Waals surface area (Å²) >= 11 is 0. The Kier molecular flexibility index (Phi) is 6.42. The van der Waals surface area contributed by atoms with Crippen LogP contribution < -0.4 is 19.3 Å². The van der Waals surface area contributed by atoms with Crippen LogP contribution in [0.3, 0.4) is 0 Å². The van der Waals surface area contributed by atoms with Crippen LogP contribution in [0.15, 0.2) is 36.4 Å². The highest BCUT2D eigenvalue weighted by molar-refractivity contribution is 5.60. The normalized spacial score (nSPS) is 22.1. The minimum Gasteiger partial charge on any atom is -0.491 e. The van der Waals surface area contributed by atoms with E-state index in [1.807, 2.05) is 0 Å². The Morgan fingerprint density at radius 3 is 1.47 bits per heavy atom. The summed E-state index contributed by atoms with van der Waals surface area (Å²) in [6.07, 6.45) is 2.57. The molecule has 0 aliphatic carbocycles. The number of hydrogen-bond donors (Lipinski definition) is 0. The summed E-state index contributed by atoms with van der Waals surface area (Å²) in [6.45, 7) is 11.5. The molecule has 3 aliphatic rings. The van der Waals surface area contributed by atoms with E-state index in [1.54, 1.807) is 0 Å². The fraction of sp³-hybridized carbons (Fsp3) is 0.538. The van der Waals surface area contributed by atoms with Gasteiger partial charge >= 0.3 is 0 Å². The van der Waals surface area contributed by atoms with Crippen LogP contribution in [0.25, 0.3) is 0 Å². The summed E-state index contributed by atoms with van der Waals surface area (Å²) in [4.78, 5) is 5.03. The Morgan fingerprint density at radius 1 is 0.719 bits per heavy atom. The lowest BCUT2D eigenvalue weighted by Gasteiger charge is -2.39. The number of anilines is 2. The molecule has 3 saturated heterocycles. The van der Waals surface area contributed by atoms with Crippen molar-refractivity contribution in [3.8, 4) is 11.5 Å². The molecule has 0 N–H and O–H groups in total. The second-order valence-corrected chi connectivity index (χ2v) is 8.79. The van der Waals surface area contributed by atoms with E-state index in [-0.39, 0.29) is 12.2 Å². The molecule has 2 aromatic rings. The summed E-state index contributed by atoms with van der Waals surface area (Å²) in [6, 6.07) is 13.1. The molecule has 0 radical (unpaired) electrons. The standard InChI is InChI=1S/C26H34N2O4/c1-3-19-13-21(29-15-23-17-31-23)5-7-25(19)27-9-11-28(12-10-27)26-8-6-22(14-20(26)4-2)30-16-24-18-32-24/h5-8,13-14,23-24H,3-4,9-12,15-18H2,1-2H3. The maximum atomic E-state index is 5.89. The Hall–Kier alpha value is -2.44. The van der Waals surface area contributed by atoms with Gasteiger partial charge in [-0.05, 0) is 60.4 Å². The first-order valence-electron chi connectivity index (χ1n) is 12.0. The predicted molar refractivity (Wildman–Crippen MR) is 127 cm³/mol. The fourth-order valence-corrected chi connectivity index (χ4v) is 4.38. The SMILES string of the molecule is CCc1cc(OCC2CO2)ccc1N1CCN(c2ccc(OCC3CO3)cc2CC)CC1. The molecule has 2 unspecified atom stereocenters. The lowest BCUT2D eigenvalue weighted by molar-refractivity contribution is 0.263. The fourth-order valence-electron chi connectivity index (χ4n) is 4.38. The van der Waals surface area contributed by atoms with Crippen LogP contribution in [0.5, 0.6) is 11.5 Å². The highest BCUT2D eigenvalue weighted by Crippen LogP contribution is 2.31. The van der Waals surface area contributed by atoms with E-state index < -0.39 is 0 Å². The quantitative estimate of drug-likeness (QED) is 0.528. The lowest BCUT2D eigenvalue weighted by Crippen LogP contribution is -2.47. The van der Waals surface area contributed by atoms with Crippen LogP contribution in [0, 0.1) is 0 Å².